The predicted octanol–water partition coefficient (Wildman–Crippen LogP) is 3.32. The van der Waals surface area contributed by atoms with E-state index in [0.29, 0.717) is 31.3 Å². The SMILES string of the molecule is COCCOc1ccc(NCC(=O)Nc2ccccc2OCC2CCCO2)cc1. The lowest BCUT2D eigenvalue weighted by molar-refractivity contribution is -0.114. The van der Waals surface area contributed by atoms with Gasteiger partial charge in [-0.2, -0.15) is 0 Å². The van der Waals surface area contributed by atoms with E-state index in [1.54, 1.807) is 7.11 Å². The van der Waals surface area contributed by atoms with Crippen LogP contribution in [-0.2, 0) is 14.3 Å². The van der Waals surface area contributed by atoms with Crippen molar-refractivity contribution >= 4 is 17.3 Å². The first-order valence-electron chi connectivity index (χ1n) is 9.83. The Morgan fingerprint density at radius 3 is 2.69 bits per heavy atom. The summed E-state index contributed by atoms with van der Waals surface area (Å²) in [5, 5.41) is 6.00. The highest BCUT2D eigenvalue weighted by atomic mass is 16.5. The Morgan fingerprint density at radius 1 is 1.10 bits per heavy atom. The van der Waals surface area contributed by atoms with E-state index in [2.05, 4.69) is 10.6 Å². The maximum Gasteiger partial charge on any atom is 0.243 e. The van der Waals surface area contributed by atoms with E-state index in [0.717, 1.165) is 30.9 Å². The quantitative estimate of drug-likeness (QED) is 0.564. The van der Waals surface area contributed by atoms with Crippen LogP contribution in [0.5, 0.6) is 11.5 Å². The number of para-hydroxylation sites is 2. The summed E-state index contributed by atoms with van der Waals surface area (Å²) in [5.74, 6) is 1.25. The fourth-order valence-electron chi connectivity index (χ4n) is 2.94. The van der Waals surface area contributed by atoms with Crippen LogP contribution in [0.4, 0.5) is 11.4 Å². The molecule has 3 rings (SSSR count). The molecule has 0 bridgehead atoms. The second kappa shape index (κ2) is 11.3. The van der Waals surface area contributed by atoms with Crippen molar-refractivity contribution in [2.75, 3.05) is 50.7 Å². The smallest absolute Gasteiger partial charge is 0.243 e. The van der Waals surface area contributed by atoms with E-state index in [4.69, 9.17) is 18.9 Å². The summed E-state index contributed by atoms with van der Waals surface area (Å²) in [6.45, 7) is 2.46. The Kier molecular flexibility index (Phi) is 8.15. The number of anilines is 2. The molecule has 1 saturated heterocycles. The fourth-order valence-corrected chi connectivity index (χ4v) is 2.94. The molecule has 2 aromatic carbocycles. The van der Waals surface area contributed by atoms with E-state index >= 15 is 0 Å². The van der Waals surface area contributed by atoms with Crippen LogP contribution in [0.1, 0.15) is 12.8 Å². The van der Waals surface area contributed by atoms with Gasteiger partial charge in [0.2, 0.25) is 5.91 Å². The van der Waals surface area contributed by atoms with Gasteiger partial charge >= 0.3 is 0 Å². The summed E-state index contributed by atoms with van der Waals surface area (Å²) < 4.78 is 21.9. The number of benzene rings is 2. The van der Waals surface area contributed by atoms with Gasteiger partial charge in [-0.25, -0.2) is 0 Å². The first-order chi connectivity index (χ1) is 14.2. The van der Waals surface area contributed by atoms with Crippen molar-refractivity contribution in [1.29, 1.82) is 0 Å². The zero-order valence-electron chi connectivity index (χ0n) is 16.7. The summed E-state index contributed by atoms with van der Waals surface area (Å²) in [6.07, 6.45) is 2.20. The zero-order valence-corrected chi connectivity index (χ0v) is 16.7. The minimum absolute atomic E-state index is 0.127. The van der Waals surface area contributed by atoms with Gasteiger partial charge in [0.25, 0.3) is 0 Å². The lowest BCUT2D eigenvalue weighted by Gasteiger charge is -2.15. The largest absolute Gasteiger partial charge is 0.491 e. The molecule has 1 fully saturated rings. The molecule has 2 N–H and O–H groups in total. The number of hydrogen-bond donors (Lipinski definition) is 2. The van der Waals surface area contributed by atoms with Crippen molar-refractivity contribution in [3.8, 4) is 11.5 Å². The first-order valence-corrected chi connectivity index (χ1v) is 9.83. The van der Waals surface area contributed by atoms with Crippen LogP contribution < -0.4 is 20.1 Å². The van der Waals surface area contributed by atoms with Crippen LogP contribution in [-0.4, -0.2) is 52.1 Å². The molecular weight excluding hydrogens is 372 g/mol. The van der Waals surface area contributed by atoms with Crippen LogP contribution >= 0.6 is 0 Å². The third-order valence-corrected chi connectivity index (χ3v) is 4.47. The lowest BCUT2D eigenvalue weighted by atomic mass is 10.2. The number of carbonyl (C=O) groups excluding carboxylic acids is 1. The van der Waals surface area contributed by atoms with Gasteiger partial charge in [-0.1, -0.05) is 12.1 Å². The summed E-state index contributed by atoms with van der Waals surface area (Å²) >= 11 is 0. The summed E-state index contributed by atoms with van der Waals surface area (Å²) in [6, 6.07) is 14.9. The Hall–Kier alpha value is -2.77. The Balaban J connectivity index is 1.45. The third-order valence-electron chi connectivity index (χ3n) is 4.47. The van der Waals surface area contributed by atoms with Crippen LogP contribution in [0.3, 0.4) is 0 Å². The molecule has 2 aromatic rings. The number of carbonyl (C=O) groups is 1. The van der Waals surface area contributed by atoms with Gasteiger partial charge in [0.1, 0.15) is 24.7 Å². The van der Waals surface area contributed by atoms with Gasteiger partial charge < -0.3 is 29.6 Å². The molecule has 0 saturated carbocycles. The average Bonchev–Trinajstić information content (AvgIpc) is 3.26. The Morgan fingerprint density at radius 2 is 1.93 bits per heavy atom. The van der Waals surface area contributed by atoms with Gasteiger partial charge in [0, 0.05) is 19.4 Å². The molecule has 1 aliphatic rings. The zero-order chi connectivity index (χ0) is 20.3. The van der Waals surface area contributed by atoms with Gasteiger partial charge in [-0.05, 0) is 49.2 Å². The van der Waals surface area contributed by atoms with Crippen molar-refractivity contribution in [3.63, 3.8) is 0 Å². The van der Waals surface area contributed by atoms with Crippen molar-refractivity contribution in [1.82, 2.24) is 0 Å². The second-order valence-corrected chi connectivity index (χ2v) is 6.71. The van der Waals surface area contributed by atoms with Crippen LogP contribution in [0.25, 0.3) is 0 Å². The molecule has 7 heteroatoms. The topological polar surface area (TPSA) is 78.1 Å². The minimum Gasteiger partial charge on any atom is -0.491 e. The molecule has 0 radical (unpaired) electrons. The molecule has 1 atom stereocenters. The molecule has 0 aromatic heterocycles. The Labute approximate surface area is 171 Å². The van der Waals surface area contributed by atoms with E-state index in [1.165, 1.54) is 0 Å². The van der Waals surface area contributed by atoms with Crippen molar-refractivity contribution in [2.24, 2.45) is 0 Å². The van der Waals surface area contributed by atoms with Gasteiger partial charge in [0.05, 0.1) is 24.9 Å². The number of nitrogens with one attached hydrogen (secondary N) is 2. The lowest BCUT2D eigenvalue weighted by Crippen LogP contribution is -2.22. The second-order valence-electron chi connectivity index (χ2n) is 6.71. The van der Waals surface area contributed by atoms with Crippen LogP contribution in [0.15, 0.2) is 48.5 Å². The number of amides is 1. The van der Waals surface area contributed by atoms with E-state index < -0.39 is 0 Å². The van der Waals surface area contributed by atoms with Gasteiger partial charge in [-0.3, -0.25) is 4.79 Å². The van der Waals surface area contributed by atoms with E-state index in [-0.39, 0.29) is 18.6 Å². The molecule has 1 unspecified atom stereocenters. The molecule has 7 nitrogen and oxygen atoms in total. The maximum absolute atomic E-state index is 12.3. The summed E-state index contributed by atoms with van der Waals surface area (Å²) in [7, 11) is 1.63. The number of rotatable bonds is 11. The number of hydrogen-bond acceptors (Lipinski definition) is 6. The van der Waals surface area contributed by atoms with Crippen LogP contribution in [0, 0.1) is 0 Å². The molecule has 1 heterocycles. The highest BCUT2D eigenvalue weighted by Crippen LogP contribution is 2.25. The number of ether oxygens (including phenoxy) is 4. The first kappa shape index (κ1) is 21.0. The molecule has 0 spiro atoms. The van der Waals surface area contributed by atoms with Crippen molar-refractivity contribution in [3.05, 3.63) is 48.5 Å². The normalized spacial score (nSPS) is 15.7. The highest BCUT2D eigenvalue weighted by molar-refractivity contribution is 5.95. The predicted molar refractivity (Wildman–Crippen MR) is 112 cm³/mol. The van der Waals surface area contributed by atoms with E-state index in [9.17, 15) is 4.79 Å². The molecule has 156 valence electrons. The molecule has 1 aliphatic heterocycles. The molecule has 29 heavy (non-hydrogen) atoms. The fraction of sp³-hybridized carbons (Fsp3) is 0.409. The Bertz CT molecular complexity index is 760. The number of methoxy groups -OCH3 is 1. The standard InChI is InChI=1S/C22H28N2O5/c1-26-13-14-28-18-10-8-17(9-11-18)23-15-22(25)24-20-6-2-3-7-21(20)29-16-19-5-4-12-27-19/h2-3,6-11,19,23H,4-5,12-16H2,1H3,(H,24,25). The third kappa shape index (κ3) is 6.96. The highest BCUT2D eigenvalue weighted by Gasteiger charge is 2.17. The molecular formula is C22H28N2O5. The monoisotopic (exact) mass is 400 g/mol. The summed E-state index contributed by atoms with van der Waals surface area (Å²) in [4.78, 5) is 12.3. The minimum atomic E-state index is -0.154. The van der Waals surface area contributed by atoms with Crippen molar-refractivity contribution in [2.45, 2.75) is 18.9 Å². The molecule has 0 aliphatic carbocycles. The summed E-state index contributed by atoms with van der Waals surface area (Å²) in [5.41, 5.74) is 1.49. The maximum atomic E-state index is 12.3. The molecule has 1 amide bonds. The average molecular weight is 400 g/mol. The van der Waals surface area contributed by atoms with Gasteiger partial charge in [-0.15, -0.1) is 0 Å². The van der Waals surface area contributed by atoms with E-state index in [1.807, 2.05) is 48.5 Å². The van der Waals surface area contributed by atoms with Crippen molar-refractivity contribution < 1.29 is 23.7 Å². The van der Waals surface area contributed by atoms with Gasteiger partial charge in [0.15, 0.2) is 0 Å². The van der Waals surface area contributed by atoms with Crippen LogP contribution in [0.2, 0.25) is 0 Å².